The number of aromatic nitrogens is 2. The Bertz CT molecular complexity index is 811. The summed E-state index contributed by atoms with van der Waals surface area (Å²) in [4.78, 5) is 17.7. The van der Waals surface area contributed by atoms with Gasteiger partial charge in [0.05, 0.1) is 7.11 Å². The van der Waals surface area contributed by atoms with E-state index < -0.39 is 0 Å². The lowest BCUT2D eigenvalue weighted by atomic mass is 10.1. The molecule has 0 saturated carbocycles. The van der Waals surface area contributed by atoms with Crippen LogP contribution in [0.5, 0.6) is 5.75 Å². The van der Waals surface area contributed by atoms with Gasteiger partial charge in [0, 0.05) is 65.3 Å². The number of methoxy groups -OCH3 is 1. The molecule has 2 heterocycles. The number of nitrogens with zero attached hydrogens (tertiary/aromatic N) is 5. The second kappa shape index (κ2) is 13.3. The normalized spacial score (nSPS) is 14.7. The van der Waals surface area contributed by atoms with E-state index in [0.717, 1.165) is 69.9 Å². The highest BCUT2D eigenvalue weighted by atomic mass is 127. The molecule has 8 nitrogen and oxygen atoms in total. The number of ether oxygens (including phenoxy) is 1. The summed E-state index contributed by atoms with van der Waals surface area (Å²) in [5, 5.41) is 6.81. The Kier molecular flexibility index (Phi) is 10.8. The Balaban J connectivity index is 0.00000341. The Morgan fingerprint density at radius 2 is 1.81 bits per heavy atom. The van der Waals surface area contributed by atoms with Crippen molar-refractivity contribution in [3.63, 3.8) is 0 Å². The highest BCUT2D eigenvalue weighted by Crippen LogP contribution is 2.19. The monoisotopic (exact) mass is 539 g/mol. The smallest absolute Gasteiger partial charge is 0.225 e. The van der Waals surface area contributed by atoms with Gasteiger partial charge in [0.25, 0.3) is 0 Å². The summed E-state index contributed by atoms with van der Waals surface area (Å²) in [5.41, 5.74) is 2.45. The molecule has 0 unspecified atom stereocenters. The van der Waals surface area contributed by atoms with Gasteiger partial charge in [-0.15, -0.1) is 24.0 Å². The van der Waals surface area contributed by atoms with Crippen LogP contribution in [-0.2, 0) is 6.42 Å². The summed E-state index contributed by atoms with van der Waals surface area (Å²) in [7, 11) is 3.52. The molecule has 0 bridgehead atoms. The summed E-state index contributed by atoms with van der Waals surface area (Å²) >= 11 is 0. The van der Waals surface area contributed by atoms with Crippen LogP contribution in [0.1, 0.15) is 11.1 Å². The minimum atomic E-state index is 0. The number of rotatable bonds is 8. The third-order valence-corrected chi connectivity index (χ3v) is 5.27. The predicted molar refractivity (Wildman–Crippen MR) is 137 cm³/mol. The number of aryl methyl sites for hydroxylation is 1. The zero-order chi connectivity index (χ0) is 21.2. The van der Waals surface area contributed by atoms with Gasteiger partial charge in [-0.25, -0.2) is 9.97 Å². The Morgan fingerprint density at radius 1 is 1.10 bits per heavy atom. The Hall–Kier alpha value is -2.14. The van der Waals surface area contributed by atoms with E-state index in [1.54, 1.807) is 26.6 Å². The molecule has 1 fully saturated rings. The quantitative estimate of drug-likeness (QED) is 0.302. The molecule has 0 atom stereocenters. The lowest BCUT2D eigenvalue weighted by molar-refractivity contribution is 0.260. The van der Waals surface area contributed by atoms with Crippen LogP contribution in [0.3, 0.4) is 0 Å². The summed E-state index contributed by atoms with van der Waals surface area (Å²) < 4.78 is 5.46. The molecule has 170 valence electrons. The first-order valence-corrected chi connectivity index (χ1v) is 10.5. The fraction of sp³-hybridized carbons (Fsp3) is 0.500. The summed E-state index contributed by atoms with van der Waals surface area (Å²) in [6.45, 7) is 8.67. The molecule has 1 aromatic heterocycles. The van der Waals surface area contributed by atoms with Crippen molar-refractivity contribution >= 4 is 35.9 Å². The van der Waals surface area contributed by atoms with Crippen molar-refractivity contribution in [2.24, 2.45) is 4.99 Å². The van der Waals surface area contributed by atoms with E-state index >= 15 is 0 Å². The van der Waals surface area contributed by atoms with E-state index in [0.29, 0.717) is 0 Å². The minimum Gasteiger partial charge on any atom is -0.496 e. The van der Waals surface area contributed by atoms with E-state index in [-0.39, 0.29) is 24.0 Å². The van der Waals surface area contributed by atoms with Crippen LogP contribution in [0.4, 0.5) is 5.95 Å². The molecule has 0 amide bonds. The second-order valence-corrected chi connectivity index (χ2v) is 7.37. The number of piperazine rings is 1. The molecule has 0 radical (unpaired) electrons. The molecule has 31 heavy (non-hydrogen) atoms. The molecule has 0 spiro atoms. The van der Waals surface area contributed by atoms with E-state index in [4.69, 9.17) is 4.74 Å². The van der Waals surface area contributed by atoms with Gasteiger partial charge in [0.2, 0.25) is 5.95 Å². The number of anilines is 1. The van der Waals surface area contributed by atoms with Crippen molar-refractivity contribution in [2.75, 3.05) is 64.9 Å². The lowest BCUT2D eigenvalue weighted by Crippen LogP contribution is -2.49. The molecular weight excluding hydrogens is 505 g/mol. The van der Waals surface area contributed by atoms with Crippen LogP contribution in [0.15, 0.2) is 41.7 Å². The average Bonchev–Trinajstić information content (AvgIpc) is 2.79. The maximum atomic E-state index is 5.46. The number of aliphatic imine (C=N–C) groups is 1. The van der Waals surface area contributed by atoms with Gasteiger partial charge in [-0.2, -0.15) is 0 Å². The van der Waals surface area contributed by atoms with Gasteiger partial charge in [-0.3, -0.25) is 9.89 Å². The van der Waals surface area contributed by atoms with E-state index in [1.165, 1.54) is 11.1 Å². The number of hydrogen-bond donors (Lipinski definition) is 2. The van der Waals surface area contributed by atoms with Crippen LogP contribution < -0.4 is 20.3 Å². The standard InChI is InChI=1S/C22H33N7O.HI/c1-18-5-6-20(30-3)19(17-18)7-10-24-21(23-2)25-11-12-28-13-15-29(16-14-28)22-26-8-4-9-27-22;/h4-6,8-9,17H,7,10-16H2,1-3H3,(H2,23,24,25);1H. The number of guanidine groups is 1. The molecule has 1 aliphatic heterocycles. The molecule has 3 rings (SSSR count). The van der Waals surface area contributed by atoms with Gasteiger partial charge in [-0.05, 0) is 31.0 Å². The van der Waals surface area contributed by atoms with Crippen molar-refractivity contribution in [3.05, 3.63) is 47.8 Å². The van der Waals surface area contributed by atoms with Crippen molar-refractivity contribution < 1.29 is 4.74 Å². The van der Waals surface area contributed by atoms with Crippen LogP contribution in [0, 0.1) is 6.92 Å². The van der Waals surface area contributed by atoms with Crippen LogP contribution in [-0.4, -0.2) is 80.8 Å². The maximum Gasteiger partial charge on any atom is 0.225 e. The SMILES string of the molecule is CN=C(NCCc1cc(C)ccc1OC)NCCN1CCN(c2ncccn2)CC1.I. The first-order chi connectivity index (χ1) is 14.7. The first kappa shape index (κ1) is 25.1. The third kappa shape index (κ3) is 7.80. The van der Waals surface area contributed by atoms with Gasteiger partial charge in [-0.1, -0.05) is 17.7 Å². The van der Waals surface area contributed by atoms with Crippen molar-refractivity contribution in [2.45, 2.75) is 13.3 Å². The average molecular weight is 539 g/mol. The largest absolute Gasteiger partial charge is 0.496 e. The number of halogens is 1. The van der Waals surface area contributed by atoms with Gasteiger partial charge in [0.1, 0.15) is 5.75 Å². The predicted octanol–water partition coefficient (Wildman–Crippen LogP) is 1.94. The molecular formula is C22H34IN7O. The minimum absolute atomic E-state index is 0. The van der Waals surface area contributed by atoms with Crippen LogP contribution in [0.25, 0.3) is 0 Å². The Labute approximate surface area is 202 Å². The summed E-state index contributed by atoms with van der Waals surface area (Å²) in [6, 6.07) is 8.13. The summed E-state index contributed by atoms with van der Waals surface area (Å²) in [6.07, 6.45) is 4.48. The Morgan fingerprint density at radius 3 is 2.48 bits per heavy atom. The van der Waals surface area contributed by atoms with Crippen molar-refractivity contribution in [1.29, 1.82) is 0 Å². The first-order valence-electron chi connectivity index (χ1n) is 10.5. The summed E-state index contributed by atoms with van der Waals surface area (Å²) in [5.74, 6) is 2.59. The molecule has 9 heteroatoms. The fourth-order valence-corrected chi connectivity index (χ4v) is 3.60. The second-order valence-electron chi connectivity index (χ2n) is 7.37. The third-order valence-electron chi connectivity index (χ3n) is 5.27. The molecule has 1 saturated heterocycles. The van der Waals surface area contributed by atoms with Crippen LogP contribution >= 0.6 is 24.0 Å². The number of nitrogens with one attached hydrogen (secondary N) is 2. The fourth-order valence-electron chi connectivity index (χ4n) is 3.60. The van der Waals surface area contributed by atoms with E-state index in [2.05, 4.69) is 54.5 Å². The number of hydrogen-bond acceptors (Lipinski definition) is 6. The van der Waals surface area contributed by atoms with E-state index in [1.807, 2.05) is 12.1 Å². The zero-order valence-corrected chi connectivity index (χ0v) is 21.0. The highest BCUT2D eigenvalue weighted by Gasteiger charge is 2.18. The molecule has 2 N–H and O–H groups in total. The zero-order valence-electron chi connectivity index (χ0n) is 18.7. The molecule has 1 aliphatic rings. The van der Waals surface area contributed by atoms with Gasteiger partial charge in [0.15, 0.2) is 5.96 Å². The van der Waals surface area contributed by atoms with Gasteiger partial charge < -0.3 is 20.3 Å². The maximum absolute atomic E-state index is 5.46. The van der Waals surface area contributed by atoms with Crippen molar-refractivity contribution in [1.82, 2.24) is 25.5 Å². The van der Waals surface area contributed by atoms with Crippen LogP contribution in [0.2, 0.25) is 0 Å². The van der Waals surface area contributed by atoms with Crippen molar-refractivity contribution in [3.8, 4) is 5.75 Å². The molecule has 1 aromatic carbocycles. The number of benzene rings is 1. The lowest BCUT2D eigenvalue weighted by Gasteiger charge is -2.34. The topological polar surface area (TPSA) is 77.9 Å². The molecule has 0 aliphatic carbocycles. The molecule has 2 aromatic rings. The van der Waals surface area contributed by atoms with E-state index in [9.17, 15) is 0 Å². The van der Waals surface area contributed by atoms with Gasteiger partial charge >= 0.3 is 0 Å². The highest BCUT2D eigenvalue weighted by molar-refractivity contribution is 14.0.